The SMILES string of the molecule is Fc1ccc(-c2ccc(C3CCNCC3)[nH]2)cc1. The van der Waals surface area contributed by atoms with Crippen molar-refractivity contribution in [2.24, 2.45) is 0 Å². The molecule has 0 bridgehead atoms. The first-order valence-corrected chi connectivity index (χ1v) is 6.48. The third-order valence-corrected chi connectivity index (χ3v) is 3.64. The van der Waals surface area contributed by atoms with Crippen molar-refractivity contribution in [3.05, 3.63) is 47.9 Å². The highest BCUT2D eigenvalue weighted by atomic mass is 19.1. The Hall–Kier alpha value is -1.61. The Morgan fingerprint density at radius 1 is 0.944 bits per heavy atom. The van der Waals surface area contributed by atoms with E-state index in [1.54, 1.807) is 0 Å². The average molecular weight is 244 g/mol. The second-order valence-electron chi connectivity index (χ2n) is 4.86. The number of aromatic nitrogens is 1. The van der Waals surface area contributed by atoms with Crippen molar-refractivity contribution in [3.8, 4) is 11.3 Å². The Morgan fingerprint density at radius 2 is 1.67 bits per heavy atom. The summed E-state index contributed by atoms with van der Waals surface area (Å²) >= 11 is 0. The van der Waals surface area contributed by atoms with Crippen molar-refractivity contribution < 1.29 is 4.39 Å². The van der Waals surface area contributed by atoms with Gasteiger partial charge in [-0.05, 0) is 67.9 Å². The number of hydrogen-bond acceptors (Lipinski definition) is 1. The Labute approximate surface area is 106 Å². The van der Waals surface area contributed by atoms with Crippen LogP contribution in [0.5, 0.6) is 0 Å². The van der Waals surface area contributed by atoms with Gasteiger partial charge in [-0.25, -0.2) is 4.39 Å². The predicted octanol–water partition coefficient (Wildman–Crippen LogP) is 3.29. The number of hydrogen-bond donors (Lipinski definition) is 2. The summed E-state index contributed by atoms with van der Waals surface area (Å²) in [7, 11) is 0. The maximum atomic E-state index is 12.9. The molecule has 18 heavy (non-hydrogen) atoms. The van der Waals surface area contributed by atoms with Crippen LogP contribution in [-0.2, 0) is 0 Å². The molecule has 0 atom stereocenters. The van der Waals surface area contributed by atoms with E-state index in [-0.39, 0.29) is 5.82 Å². The normalized spacial score (nSPS) is 16.9. The first-order chi connectivity index (χ1) is 8.83. The summed E-state index contributed by atoms with van der Waals surface area (Å²) in [6, 6.07) is 10.9. The Bertz CT molecular complexity index is 510. The van der Waals surface area contributed by atoms with Gasteiger partial charge in [0, 0.05) is 17.3 Å². The van der Waals surface area contributed by atoms with Crippen LogP contribution in [0.3, 0.4) is 0 Å². The van der Waals surface area contributed by atoms with E-state index in [0.29, 0.717) is 5.92 Å². The lowest BCUT2D eigenvalue weighted by atomic mass is 9.95. The molecule has 1 aromatic carbocycles. The highest BCUT2D eigenvalue weighted by Crippen LogP contribution is 2.27. The van der Waals surface area contributed by atoms with Gasteiger partial charge in [0.05, 0.1) is 0 Å². The van der Waals surface area contributed by atoms with Gasteiger partial charge in [0.25, 0.3) is 0 Å². The van der Waals surface area contributed by atoms with Crippen molar-refractivity contribution in [3.63, 3.8) is 0 Å². The minimum atomic E-state index is -0.191. The predicted molar refractivity (Wildman–Crippen MR) is 71.0 cm³/mol. The van der Waals surface area contributed by atoms with E-state index in [9.17, 15) is 4.39 Å². The van der Waals surface area contributed by atoms with Crippen LogP contribution in [0.2, 0.25) is 0 Å². The molecule has 1 aliphatic heterocycles. The van der Waals surface area contributed by atoms with Gasteiger partial charge in [-0.3, -0.25) is 0 Å². The first kappa shape index (κ1) is 11.5. The summed E-state index contributed by atoms with van der Waals surface area (Å²) in [6.07, 6.45) is 2.37. The Kier molecular flexibility index (Phi) is 3.15. The molecular formula is C15H17FN2. The van der Waals surface area contributed by atoms with Gasteiger partial charge in [-0.1, -0.05) is 0 Å². The molecular weight excluding hydrogens is 227 g/mol. The van der Waals surface area contributed by atoms with Crippen LogP contribution < -0.4 is 5.32 Å². The molecule has 0 amide bonds. The van der Waals surface area contributed by atoms with Gasteiger partial charge < -0.3 is 10.3 Å². The van der Waals surface area contributed by atoms with Crippen molar-refractivity contribution in [1.29, 1.82) is 0 Å². The van der Waals surface area contributed by atoms with E-state index in [2.05, 4.69) is 22.4 Å². The smallest absolute Gasteiger partial charge is 0.123 e. The van der Waals surface area contributed by atoms with Crippen LogP contribution in [0.1, 0.15) is 24.5 Å². The van der Waals surface area contributed by atoms with Crippen LogP contribution in [0, 0.1) is 5.82 Å². The van der Waals surface area contributed by atoms with Crippen LogP contribution in [-0.4, -0.2) is 18.1 Å². The van der Waals surface area contributed by atoms with E-state index >= 15 is 0 Å². The van der Waals surface area contributed by atoms with Crippen LogP contribution in [0.15, 0.2) is 36.4 Å². The topological polar surface area (TPSA) is 27.8 Å². The van der Waals surface area contributed by atoms with Crippen molar-refractivity contribution >= 4 is 0 Å². The van der Waals surface area contributed by atoms with E-state index in [0.717, 1.165) is 24.3 Å². The summed E-state index contributed by atoms with van der Waals surface area (Å²) in [4.78, 5) is 3.47. The molecule has 0 saturated carbocycles. The standard InChI is InChI=1S/C15H17FN2/c16-13-3-1-11(2-4-13)14-5-6-15(18-14)12-7-9-17-10-8-12/h1-6,12,17-18H,7-10H2. The lowest BCUT2D eigenvalue weighted by Crippen LogP contribution is -2.26. The second kappa shape index (κ2) is 4.94. The molecule has 1 aliphatic rings. The summed E-state index contributed by atoms with van der Waals surface area (Å²) in [5, 5.41) is 3.37. The van der Waals surface area contributed by atoms with Gasteiger partial charge in [0.1, 0.15) is 5.82 Å². The van der Waals surface area contributed by atoms with Gasteiger partial charge in [-0.2, -0.15) is 0 Å². The quantitative estimate of drug-likeness (QED) is 0.833. The van der Waals surface area contributed by atoms with Gasteiger partial charge in [-0.15, -0.1) is 0 Å². The van der Waals surface area contributed by atoms with Crippen molar-refractivity contribution in [2.45, 2.75) is 18.8 Å². The zero-order valence-corrected chi connectivity index (χ0v) is 10.2. The third kappa shape index (κ3) is 2.31. The van der Waals surface area contributed by atoms with Crippen molar-refractivity contribution in [1.82, 2.24) is 10.3 Å². The molecule has 2 aromatic rings. The van der Waals surface area contributed by atoms with Crippen LogP contribution >= 0.6 is 0 Å². The molecule has 2 N–H and O–H groups in total. The van der Waals surface area contributed by atoms with Gasteiger partial charge >= 0.3 is 0 Å². The summed E-state index contributed by atoms with van der Waals surface area (Å²) in [5.41, 5.74) is 3.41. The fourth-order valence-electron chi connectivity index (χ4n) is 2.58. The molecule has 94 valence electrons. The minimum absolute atomic E-state index is 0.191. The lowest BCUT2D eigenvalue weighted by molar-refractivity contribution is 0.454. The first-order valence-electron chi connectivity index (χ1n) is 6.48. The molecule has 3 heteroatoms. The molecule has 2 nitrogen and oxygen atoms in total. The Balaban J connectivity index is 1.82. The zero-order chi connectivity index (χ0) is 12.4. The molecule has 0 unspecified atom stereocenters. The largest absolute Gasteiger partial charge is 0.358 e. The summed E-state index contributed by atoms with van der Waals surface area (Å²) in [6.45, 7) is 2.19. The highest BCUT2D eigenvalue weighted by Gasteiger charge is 2.16. The zero-order valence-electron chi connectivity index (χ0n) is 10.2. The maximum absolute atomic E-state index is 12.9. The van der Waals surface area contributed by atoms with Crippen LogP contribution in [0.4, 0.5) is 4.39 Å². The lowest BCUT2D eigenvalue weighted by Gasteiger charge is -2.21. The van der Waals surface area contributed by atoms with E-state index in [1.807, 2.05) is 12.1 Å². The molecule has 1 fully saturated rings. The number of H-pyrrole nitrogens is 1. The molecule has 0 radical (unpaired) electrons. The average Bonchev–Trinajstić information content (AvgIpc) is 2.90. The fraction of sp³-hybridized carbons (Fsp3) is 0.333. The van der Waals surface area contributed by atoms with Crippen molar-refractivity contribution in [2.75, 3.05) is 13.1 Å². The molecule has 2 heterocycles. The number of piperidine rings is 1. The van der Waals surface area contributed by atoms with Gasteiger partial charge in [0.2, 0.25) is 0 Å². The molecule has 1 saturated heterocycles. The second-order valence-corrected chi connectivity index (χ2v) is 4.86. The number of nitrogens with one attached hydrogen (secondary N) is 2. The minimum Gasteiger partial charge on any atom is -0.358 e. The third-order valence-electron chi connectivity index (χ3n) is 3.64. The Morgan fingerprint density at radius 3 is 2.39 bits per heavy atom. The number of halogens is 1. The van der Waals surface area contributed by atoms with Gasteiger partial charge in [0.15, 0.2) is 0 Å². The molecule has 0 aliphatic carbocycles. The number of rotatable bonds is 2. The molecule has 1 aromatic heterocycles. The fourth-order valence-corrected chi connectivity index (χ4v) is 2.58. The van der Waals surface area contributed by atoms with E-state index < -0.39 is 0 Å². The monoisotopic (exact) mass is 244 g/mol. The molecule has 3 rings (SSSR count). The number of aromatic amines is 1. The maximum Gasteiger partial charge on any atom is 0.123 e. The summed E-state index contributed by atoms with van der Waals surface area (Å²) in [5.74, 6) is 0.435. The number of benzene rings is 1. The summed E-state index contributed by atoms with van der Waals surface area (Å²) < 4.78 is 12.9. The highest BCUT2D eigenvalue weighted by molar-refractivity contribution is 5.59. The molecule has 0 spiro atoms. The van der Waals surface area contributed by atoms with Crippen LogP contribution in [0.25, 0.3) is 11.3 Å². The van der Waals surface area contributed by atoms with E-state index in [1.165, 1.54) is 30.7 Å². The van der Waals surface area contributed by atoms with E-state index in [4.69, 9.17) is 0 Å².